The molecule has 0 fully saturated rings. The van der Waals surface area contributed by atoms with Gasteiger partial charge >= 0.3 is 11.9 Å². The molecule has 0 saturated carbocycles. The number of amides is 3. The van der Waals surface area contributed by atoms with Gasteiger partial charge in [-0.05, 0) is 24.1 Å². The lowest BCUT2D eigenvalue weighted by molar-refractivity contribution is -0.407. The van der Waals surface area contributed by atoms with Crippen LogP contribution in [0, 0.1) is 5.92 Å². The zero-order chi connectivity index (χ0) is 16.6. The smallest absolute Gasteiger partial charge is 0.264 e. The summed E-state index contributed by atoms with van der Waals surface area (Å²) < 4.78 is 1.44. The molecule has 6 nitrogen and oxygen atoms in total. The van der Waals surface area contributed by atoms with E-state index in [1.807, 2.05) is 25.3 Å². The fourth-order valence-electron chi connectivity index (χ4n) is 2.60. The number of fused-ring (bicyclic) bond motifs is 1. The monoisotopic (exact) mass is 329 g/mol. The van der Waals surface area contributed by atoms with Gasteiger partial charge in [0.2, 0.25) is 0 Å². The molecule has 1 unspecified atom stereocenters. The molecule has 3 rings (SSSR count). The summed E-state index contributed by atoms with van der Waals surface area (Å²) in [5, 5.41) is 0. The standard InChI is InChI=1S/C16H17N4O2S/c1-10-7-18-14-12(15(21)20(3)16(22)19(14)2)13(10)23-9-11-5-4-6-17-8-11/h4-8,12H,9H2,1-3H3/q+1. The average molecular weight is 329 g/mol. The minimum Gasteiger partial charge on any atom is -0.264 e. The molecule has 1 atom stereocenters. The van der Waals surface area contributed by atoms with Crippen LogP contribution in [0.3, 0.4) is 0 Å². The van der Waals surface area contributed by atoms with Gasteiger partial charge < -0.3 is 0 Å². The topological polar surface area (TPSA) is 65.6 Å². The number of imide groups is 1. The molecule has 0 bridgehead atoms. The van der Waals surface area contributed by atoms with Gasteiger partial charge in [0.15, 0.2) is 5.92 Å². The van der Waals surface area contributed by atoms with E-state index in [9.17, 15) is 9.59 Å². The second kappa shape index (κ2) is 6.08. The van der Waals surface area contributed by atoms with E-state index in [0.717, 1.165) is 20.9 Å². The van der Waals surface area contributed by atoms with Gasteiger partial charge in [-0.3, -0.25) is 9.78 Å². The Kier molecular flexibility index (Phi) is 4.12. The van der Waals surface area contributed by atoms with Crippen molar-refractivity contribution in [2.45, 2.75) is 12.7 Å². The average Bonchev–Trinajstić information content (AvgIpc) is 2.57. The van der Waals surface area contributed by atoms with Crippen molar-refractivity contribution in [1.82, 2.24) is 9.88 Å². The maximum absolute atomic E-state index is 12.6. The van der Waals surface area contributed by atoms with Crippen LogP contribution in [0.1, 0.15) is 12.5 Å². The van der Waals surface area contributed by atoms with Crippen molar-refractivity contribution in [3.05, 3.63) is 40.6 Å². The van der Waals surface area contributed by atoms with Crippen LogP contribution in [-0.4, -0.2) is 52.5 Å². The molecule has 1 aromatic rings. The van der Waals surface area contributed by atoms with E-state index in [0.29, 0.717) is 11.6 Å². The lowest BCUT2D eigenvalue weighted by atomic mass is 9.99. The third kappa shape index (κ3) is 2.72. The van der Waals surface area contributed by atoms with Crippen LogP contribution in [0.4, 0.5) is 4.79 Å². The van der Waals surface area contributed by atoms with Crippen LogP contribution in [0.25, 0.3) is 0 Å². The Bertz CT molecular complexity index is 768. The summed E-state index contributed by atoms with van der Waals surface area (Å²) in [5.74, 6) is 0.479. The van der Waals surface area contributed by atoms with Crippen molar-refractivity contribution >= 4 is 35.8 Å². The van der Waals surface area contributed by atoms with Gasteiger partial charge in [0.05, 0.1) is 14.1 Å². The van der Waals surface area contributed by atoms with Gasteiger partial charge in [-0.2, -0.15) is 9.48 Å². The highest BCUT2D eigenvalue weighted by Crippen LogP contribution is 2.36. The highest BCUT2D eigenvalue weighted by Gasteiger charge is 2.47. The number of hydrogen-bond acceptors (Lipinski definition) is 5. The third-order valence-corrected chi connectivity index (χ3v) is 5.26. The number of urea groups is 1. The van der Waals surface area contributed by atoms with Crippen LogP contribution in [0.2, 0.25) is 0 Å². The first kappa shape index (κ1) is 15.6. The summed E-state index contributed by atoms with van der Waals surface area (Å²) in [6, 6.07) is 3.54. The summed E-state index contributed by atoms with van der Waals surface area (Å²) in [6.45, 7) is 1.94. The van der Waals surface area contributed by atoms with Gasteiger partial charge in [-0.25, -0.2) is 4.79 Å². The zero-order valence-electron chi connectivity index (χ0n) is 13.2. The van der Waals surface area contributed by atoms with E-state index in [-0.39, 0.29) is 11.9 Å². The molecule has 2 aliphatic rings. The number of carbonyl (C=O) groups is 2. The molecule has 7 heteroatoms. The summed E-state index contributed by atoms with van der Waals surface area (Å²) in [4.78, 5) is 35.2. The first-order chi connectivity index (χ1) is 11.0. The second-order valence-electron chi connectivity index (χ2n) is 5.49. The highest BCUT2D eigenvalue weighted by molar-refractivity contribution is 8.02. The van der Waals surface area contributed by atoms with Crippen molar-refractivity contribution in [1.29, 1.82) is 0 Å². The molecule has 0 saturated heterocycles. The quantitative estimate of drug-likeness (QED) is 0.795. The van der Waals surface area contributed by atoms with Crippen LogP contribution < -0.4 is 0 Å². The Balaban J connectivity index is 1.94. The largest absolute Gasteiger partial charge is 0.445 e. The predicted octanol–water partition coefficient (Wildman–Crippen LogP) is 1.92. The van der Waals surface area contributed by atoms with E-state index < -0.39 is 5.92 Å². The fourth-order valence-corrected chi connectivity index (χ4v) is 3.75. The molecule has 0 spiro atoms. The fraction of sp³-hybridized carbons (Fsp3) is 0.312. The maximum atomic E-state index is 12.6. The highest BCUT2D eigenvalue weighted by atomic mass is 32.2. The predicted molar refractivity (Wildman–Crippen MR) is 89.6 cm³/mol. The summed E-state index contributed by atoms with van der Waals surface area (Å²) in [6.07, 6.45) is 5.27. The third-order valence-electron chi connectivity index (χ3n) is 3.91. The van der Waals surface area contributed by atoms with Crippen molar-refractivity contribution in [2.24, 2.45) is 10.9 Å². The molecule has 3 amide bonds. The number of hydrogen-bond donors (Lipinski definition) is 0. The van der Waals surface area contributed by atoms with Crippen molar-refractivity contribution in [2.75, 3.05) is 14.1 Å². The molecule has 0 aliphatic carbocycles. The summed E-state index contributed by atoms with van der Waals surface area (Å²) >= 11 is 1.60. The van der Waals surface area contributed by atoms with Crippen LogP contribution >= 0.6 is 11.8 Å². The van der Waals surface area contributed by atoms with E-state index in [1.54, 1.807) is 31.2 Å². The molecule has 0 N–H and O–H groups in total. The molecule has 0 aromatic carbocycles. The molecular weight excluding hydrogens is 312 g/mol. The number of carbonyl (C=O) groups excluding carboxylic acids is 2. The number of thioether (sulfide) groups is 1. The van der Waals surface area contributed by atoms with Crippen molar-refractivity contribution < 1.29 is 14.2 Å². The van der Waals surface area contributed by atoms with E-state index in [1.165, 1.54) is 11.6 Å². The summed E-state index contributed by atoms with van der Waals surface area (Å²) in [7, 11) is 3.16. The Morgan fingerprint density at radius 1 is 1.39 bits per heavy atom. The summed E-state index contributed by atoms with van der Waals surface area (Å²) in [5.41, 5.74) is 2.04. The number of aliphatic imine (C=N–C) groups is 1. The van der Waals surface area contributed by atoms with E-state index in [2.05, 4.69) is 9.98 Å². The van der Waals surface area contributed by atoms with Crippen molar-refractivity contribution in [3.8, 4) is 0 Å². The minimum atomic E-state index is -0.505. The molecule has 118 valence electrons. The van der Waals surface area contributed by atoms with Gasteiger partial charge in [0.25, 0.3) is 5.84 Å². The van der Waals surface area contributed by atoms with Gasteiger partial charge in [0.1, 0.15) is 6.21 Å². The first-order valence-corrected chi connectivity index (χ1v) is 8.18. The Labute approximate surface area is 138 Å². The lowest BCUT2D eigenvalue weighted by Gasteiger charge is -2.27. The Morgan fingerprint density at radius 2 is 2.17 bits per heavy atom. The van der Waals surface area contributed by atoms with Crippen LogP contribution in [-0.2, 0) is 10.5 Å². The second-order valence-corrected chi connectivity index (χ2v) is 6.50. The van der Waals surface area contributed by atoms with E-state index in [4.69, 9.17) is 0 Å². The number of nitrogens with zero attached hydrogens (tertiary/aromatic N) is 4. The van der Waals surface area contributed by atoms with Gasteiger partial charge in [-0.15, -0.1) is 16.8 Å². The maximum Gasteiger partial charge on any atom is 0.445 e. The zero-order valence-corrected chi connectivity index (χ0v) is 14.0. The SMILES string of the molecule is CC1=C(SCc2cccnc2)C2C(=O)N(C)C(=O)[N+](C)=C2N=C1. The molecule has 3 heterocycles. The number of allylic oxidation sites excluding steroid dienone is 1. The number of aromatic nitrogens is 1. The molecular formula is C16H17N4O2S+. The van der Waals surface area contributed by atoms with Crippen LogP contribution in [0.5, 0.6) is 0 Å². The molecule has 2 aliphatic heterocycles. The number of rotatable bonds is 3. The lowest BCUT2D eigenvalue weighted by Crippen LogP contribution is -2.52. The number of dihydropyridines is 1. The first-order valence-electron chi connectivity index (χ1n) is 7.19. The molecule has 23 heavy (non-hydrogen) atoms. The van der Waals surface area contributed by atoms with E-state index >= 15 is 0 Å². The Morgan fingerprint density at radius 3 is 2.87 bits per heavy atom. The minimum absolute atomic E-state index is 0.229. The Hall–Kier alpha value is -2.28. The molecule has 1 aromatic heterocycles. The normalized spacial score (nSPS) is 21.2. The molecule has 0 radical (unpaired) electrons. The van der Waals surface area contributed by atoms with Gasteiger partial charge in [0, 0.05) is 23.1 Å². The number of pyridine rings is 1. The van der Waals surface area contributed by atoms with Crippen LogP contribution in [0.15, 0.2) is 40.0 Å². The number of amidine groups is 1. The van der Waals surface area contributed by atoms with Crippen molar-refractivity contribution in [3.63, 3.8) is 0 Å². The van der Waals surface area contributed by atoms with Gasteiger partial charge in [-0.1, -0.05) is 6.07 Å².